The van der Waals surface area contributed by atoms with Gasteiger partial charge in [0.05, 0.1) is 24.3 Å². The van der Waals surface area contributed by atoms with Crippen LogP contribution in [-0.4, -0.2) is 88.2 Å². The number of piperazine rings is 1. The quantitative estimate of drug-likeness (QED) is 0.821. The van der Waals surface area contributed by atoms with E-state index in [-0.39, 0.29) is 23.6 Å². The SMILES string of the molecule is COc1ccccc1CN1CC2(C1)CN(C(=O)c1cccnc1)C[C@@H]1C[C@@H](O)CN12. The van der Waals surface area contributed by atoms with E-state index in [1.165, 1.54) is 5.56 Å². The largest absolute Gasteiger partial charge is 0.496 e. The lowest BCUT2D eigenvalue weighted by Gasteiger charge is -2.61. The Labute approximate surface area is 176 Å². The van der Waals surface area contributed by atoms with Crippen LogP contribution in [0.3, 0.4) is 0 Å². The molecule has 7 nitrogen and oxygen atoms in total. The predicted octanol–water partition coefficient (Wildman–Crippen LogP) is 1.24. The lowest BCUT2D eigenvalue weighted by Crippen LogP contribution is -2.78. The maximum Gasteiger partial charge on any atom is 0.255 e. The summed E-state index contributed by atoms with van der Waals surface area (Å²) < 4.78 is 5.50. The molecule has 158 valence electrons. The number of benzene rings is 1. The summed E-state index contributed by atoms with van der Waals surface area (Å²) in [6.07, 6.45) is 3.74. The highest BCUT2D eigenvalue weighted by Crippen LogP contribution is 2.40. The van der Waals surface area contributed by atoms with Crippen LogP contribution in [0.5, 0.6) is 5.75 Å². The van der Waals surface area contributed by atoms with Gasteiger partial charge in [0, 0.05) is 63.3 Å². The van der Waals surface area contributed by atoms with Crippen molar-refractivity contribution in [3.05, 3.63) is 59.9 Å². The van der Waals surface area contributed by atoms with Gasteiger partial charge in [0.25, 0.3) is 5.91 Å². The monoisotopic (exact) mass is 408 g/mol. The number of nitrogens with zero attached hydrogens (tertiary/aromatic N) is 4. The molecule has 1 N–H and O–H groups in total. The molecule has 1 amide bonds. The molecule has 3 aliphatic rings. The van der Waals surface area contributed by atoms with Crippen molar-refractivity contribution in [2.45, 2.75) is 30.7 Å². The minimum atomic E-state index is -0.316. The number of methoxy groups -OCH3 is 1. The van der Waals surface area contributed by atoms with E-state index in [0.717, 1.165) is 31.8 Å². The summed E-state index contributed by atoms with van der Waals surface area (Å²) in [5.74, 6) is 0.941. The molecule has 2 aromatic rings. The highest BCUT2D eigenvalue weighted by atomic mass is 16.5. The number of carbonyl (C=O) groups is 1. The molecular formula is C23H28N4O3. The zero-order valence-electron chi connectivity index (χ0n) is 17.3. The first-order valence-electron chi connectivity index (χ1n) is 10.6. The van der Waals surface area contributed by atoms with Gasteiger partial charge in [-0.2, -0.15) is 0 Å². The number of aromatic nitrogens is 1. The average Bonchev–Trinajstić information content (AvgIpc) is 3.13. The third kappa shape index (κ3) is 3.37. The second kappa shape index (κ2) is 7.65. The fourth-order valence-corrected chi connectivity index (χ4v) is 5.49. The van der Waals surface area contributed by atoms with Crippen molar-refractivity contribution in [2.75, 3.05) is 39.8 Å². The van der Waals surface area contributed by atoms with Crippen LogP contribution in [0.2, 0.25) is 0 Å². The van der Waals surface area contributed by atoms with Gasteiger partial charge in [0.1, 0.15) is 5.75 Å². The summed E-state index contributed by atoms with van der Waals surface area (Å²) in [6.45, 7) is 4.63. The first kappa shape index (κ1) is 19.5. The second-order valence-corrected chi connectivity index (χ2v) is 8.80. The first-order valence-corrected chi connectivity index (χ1v) is 10.6. The van der Waals surface area contributed by atoms with Gasteiger partial charge in [-0.05, 0) is 24.6 Å². The number of pyridine rings is 1. The summed E-state index contributed by atoms with van der Waals surface area (Å²) in [4.78, 5) is 24.1. The molecule has 3 fully saturated rings. The number of aliphatic hydroxyl groups excluding tert-OH is 1. The molecule has 1 spiro atoms. The number of carbonyl (C=O) groups excluding carboxylic acids is 1. The summed E-state index contributed by atoms with van der Waals surface area (Å²) >= 11 is 0. The topological polar surface area (TPSA) is 69.1 Å². The van der Waals surface area contributed by atoms with Crippen LogP contribution in [0.15, 0.2) is 48.8 Å². The number of fused-ring (bicyclic) bond motifs is 2. The van der Waals surface area contributed by atoms with Crippen molar-refractivity contribution >= 4 is 5.91 Å². The highest BCUT2D eigenvalue weighted by molar-refractivity contribution is 5.94. The fourth-order valence-electron chi connectivity index (χ4n) is 5.49. The van der Waals surface area contributed by atoms with Crippen molar-refractivity contribution in [3.63, 3.8) is 0 Å². The van der Waals surface area contributed by atoms with E-state index in [4.69, 9.17) is 4.74 Å². The molecule has 0 aliphatic carbocycles. The second-order valence-electron chi connectivity index (χ2n) is 8.80. The molecule has 2 atom stereocenters. The minimum absolute atomic E-state index is 0.0340. The van der Waals surface area contributed by atoms with Crippen LogP contribution in [0.4, 0.5) is 0 Å². The van der Waals surface area contributed by atoms with Gasteiger partial charge in [-0.1, -0.05) is 18.2 Å². The lowest BCUT2D eigenvalue weighted by molar-refractivity contribution is -0.108. The number of hydrogen-bond donors (Lipinski definition) is 1. The lowest BCUT2D eigenvalue weighted by atomic mass is 9.83. The van der Waals surface area contributed by atoms with Gasteiger partial charge in [-0.3, -0.25) is 19.6 Å². The normalized spacial score (nSPS) is 25.7. The van der Waals surface area contributed by atoms with Crippen LogP contribution in [-0.2, 0) is 6.54 Å². The third-order valence-electron chi connectivity index (χ3n) is 6.74. The molecule has 0 saturated carbocycles. The standard InChI is InChI=1S/C23H28N4O3/c1-30-21-7-3-2-5-18(21)11-25-14-23(15-25)16-26(12-19-9-20(28)13-27(19)23)22(29)17-6-4-8-24-10-17/h2-8,10,19-20,28H,9,11-16H2,1H3/t19-,20+/m0/s1. The Balaban J connectivity index is 1.34. The molecule has 0 radical (unpaired) electrons. The zero-order valence-corrected chi connectivity index (χ0v) is 17.3. The molecule has 5 rings (SSSR count). The summed E-state index contributed by atoms with van der Waals surface area (Å²) in [5.41, 5.74) is 1.71. The highest BCUT2D eigenvalue weighted by Gasteiger charge is 2.56. The number of para-hydroxylation sites is 1. The fraction of sp³-hybridized carbons (Fsp3) is 0.478. The van der Waals surface area contributed by atoms with Crippen molar-refractivity contribution in [2.24, 2.45) is 0 Å². The number of likely N-dealkylation sites (tertiary alicyclic amines) is 1. The Hall–Kier alpha value is -2.48. The zero-order chi connectivity index (χ0) is 20.7. The molecule has 0 bridgehead atoms. The third-order valence-corrected chi connectivity index (χ3v) is 6.74. The smallest absolute Gasteiger partial charge is 0.255 e. The average molecular weight is 409 g/mol. The maximum atomic E-state index is 13.1. The van der Waals surface area contributed by atoms with E-state index >= 15 is 0 Å². The molecule has 0 unspecified atom stereocenters. The van der Waals surface area contributed by atoms with Gasteiger partial charge in [-0.15, -0.1) is 0 Å². The van der Waals surface area contributed by atoms with E-state index < -0.39 is 0 Å². The van der Waals surface area contributed by atoms with E-state index in [1.54, 1.807) is 25.6 Å². The Kier molecular flexibility index (Phi) is 4.97. The van der Waals surface area contributed by atoms with E-state index in [0.29, 0.717) is 25.2 Å². The van der Waals surface area contributed by atoms with Crippen LogP contribution in [0, 0.1) is 0 Å². The molecule has 7 heteroatoms. The molecule has 4 heterocycles. The van der Waals surface area contributed by atoms with Gasteiger partial charge >= 0.3 is 0 Å². The summed E-state index contributed by atoms with van der Waals surface area (Å²) in [7, 11) is 1.70. The van der Waals surface area contributed by atoms with Crippen molar-refractivity contribution in [3.8, 4) is 5.75 Å². The molecule has 30 heavy (non-hydrogen) atoms. The Morgan fingerprint density at radius 3 is 2.80 bits per heavy atom. The van der Waals surface area contributed by atoms with E-state index in [2.05, 4.69) is 20.9 Å². The first-order chi connectivity index (χ1) is 14.6. The van der Waals surface area contributed by atoms with Crippen LogP contribution in [0.25, 0.3) is 0 Å². The molecule has 1 aromatic heterocycles. The Morgan fingerprint density at radius 1 is 1.20 bits per heavy atom. The number of hydrogen-bond acceptors (Lipinski definition) is 6. The predicted molar refractivity (Wildman–Crippen MR) is 112 cm³/mol. The molecule has 3 saturated heterocycles. The van der Waals surface area contributed by atoms with E-state index in [1.807, 2.05) is 29.2 Å². The van der Waals surface area contributed by atoms with Gasteiger partial charge in [-0.25, -0.2) is 0 Å². The molecule has 1 aromatic carbocycles. The maximum absolute atomic E-state index is 13.1. The van der Waals surface area contributed by atoms with Crippen molar-refractivity contribution in [1.82, 2.24) is 19.7 Å². The number of ether oxygens (including phenoxy) is 1. The van der Waals surface area contributed by atoms with Gasteiger partial charge in [0.2, 0.25) is 0 Å². The summed E-state index contributed by atoms with van der Waals surface area (Å²) in [5, 5.41) is 10.3. The number of rotatable bonds is 4. The Morgan fingerprint density at radius 2 is 2.03 bits per heavy atom. The van der Waals surface area contributed by atoms with Gasteiger partial charge in [0.15, 0.2) is 0 Å². The van der Waals surface area contributed by atoms with Crippen molar-refractivity contribution in [1.29, 1.82) is 0 Å². The van der Waals surface area contributed by atoms with Crippen molar-refractivity contribution < 1.29 is 14.6 Å². The van der Waals surface area contributed by atoms with Crippen LogP contribution < -0.4 is 4.74 Å². The van der Waals surface area contributed by atoms with Gasteiger partial charge < -0.3 is 14.7 Å². The summed E-state index contributed by atoms with van der Waals surface area (Å²) in [6, 6.07) is 12.0. The molecular weight excluding hydrogens is 380 g/mol. The number of β-amino-alcohol motifs (C(OH)–C–C–N with tert-alkyl or cyclic N) is 1. The number of aliphatic hydroxyl groups is 1. The minimum Gasteiger partial charge on any atom is -0.496 e. The Bertz CT molecular complexity index is 916. The van der Waals surface area contributed by atoms with E-state index in [9.17, 15) is 9.90 Å². The van der Waals surface area contributed by atoms with Crippen LogP contribution in [0.1, 0.15) is 22.3 Å². The number of amides is 1. The van der Waals surface area contributed by atoms with Crippen LogP contribution >= 0.6 is 0 Å². The molecule has 3 aliphatic heterocycles.